The Labute approximate surface area is 278 Å². The molecule has 0 aliphatic heterocycles. The van der Waals surface area contributed by atoms with Crippen molar-refractivity contribution in [3.05, 3.63) is 0 Å². The summed E-state index contributed by atoms with van der Waals surface area (Å²) in [4.78, 5) is 71.7. The summed E-state index contributed by atoms with van der Waals surface area (Å²) in [5.74, 6) is -4.10. The zero-order valence-electron chi connectivity index (χ0n) is 29.3. The molecule has 0 radical (unpaired) electrons. The molecular weight excluding hydrogens is 618 g/mol. The van der Waals surface area contributed by atoms with Gasteiger partial charge >= 0.3 is 11.9 Å². The van der Waals surface area contributed by atoms with E-state index in [2.05, 4.69) is 16.0 Å². The molecule has 1 amide bonds. The van der Waals surface area contributed by atoms with Gasteiger partial charge in [-0.05, 0) is 61.3 Å². The molecule has 0 aliphatic rings. The van der Waals surface area contributed by atoms with Gasteiger partial charge in [0.2, 0.25) is 5.91 Å². The molecule has 47 heavy (non-hydrogen) atoms. The summed E-state index contributed by atoms with van der Waals surface area (Å²) in [6.45, 7) is 15.3. The number of aliphatic carboxylic acids is 2. The third-order valence-electron chi connectivity index (χ3n) is 7.42. The summed E-state index contributed by atoms with van der Waals surface area (Å²) in [5, 5.41) is 27.5. The molecule has 2 unspecified atom stereocenters. The van der Waals surface area contributed by atoms with Crippen LogP contribution in [0.5, 0.6) is 0 Å². The normalized spacial score (nSPS) is 13.5. The van der Waals surface area contributed by atoms with Gasteiger partial charge < -0.3 is 45.1 Å². The Kier molecular flexibility index (Phi) is 20.6. The van der Waals surface area contributed by atoms with Crippen LogP contribution in [-0.2, 0) is 47.7 Å². The van der Waals surface area contributed by atoms with Crippen molar-refractivity contribution in [3.63, 3.8) is 0 Å². The van der Waals surface area contributed by atoms with Crippen molar-refractivity contribution >= 4 is 35.2 Å². The second-order valence-electron chi connectivity index (χ2n) is 13.2. The predicted molar refractivity (Wildman–Crippen MR) is 172 cm³/mol. The molecule has 0 rings (SSSR count). The number of ether oxygens (including phenoxy) is 4. The number of hydrogen-bond acceptors (Lipinski definition) is 12. The second-order valence-corrected chi connectivity index (χ2v) is 13.2. The quantitative estimate of drug-likeness (QED) is 0.0700. The Morgan fingerprint density at radius 2 is 1.15 bits per heavy atom. The van der Waals surface area contributed by atoms with Gasteiger partial charge in [-0.1, -0.05) is 6.92 Å². The molecule has 0 fully saturated rings. The maximum Gasteiger partial charge on any atom is 0.326 e. The number of carbonyl (C=O) groups is 6. The molecule has 0 aromatic carbocycles. The highest BCUT2D eigenvalue weighted by molar-refractivity contribution is 5.89. The number of amides is 1. The average molecular weight is 676 g/mol. The van der Waals surface area contributed by atoms with Crippen LogP contribution in [-0.4, -0.2) is 128 Å². The Balaban J connectivity index is 4.28. The molecule has 5 N–H and O–H groups in total. The molecule has 0 bridgehead atoms. The highest BCUT2D eigenvalue weighted by Gasteiger charge is 2.34. The summed E-state index contributed by atoms with van der Waals surface area (Å²) in [6.07, 6.45) is -0.201. The standard InChI is InChI=1S/C32H57N3O12/c1-22(19-30(3,4)29(42)43)27(39)35-24(28(40)41)9-10-25(37)31(5,6)33-11-13-45-16-18-47-21-26(38)32(7,8)34-12-14-44-15-17-46-20-23(2)36/h22,24,33-34H,9-21H2,1-8H3,(H,35,39)(H,40,41)(H,42,43). The highest BCUT2D eigenvalue weighted by Crippen LogP contribution is 2.26. The van der Waals surface area contributed by atoms with E-state index >= 15 is 0 Å². The van der Waals surface area contributed by atoms with Gasteiger partial charge in [-0.2, -0.15) is 0 Å². The van der Waals surface area contributed by atoms with Gasteiger partial charge in [0.1, 0.15) is 19.3 Å². The molecule has 0 saturated heterocycles. The van der Waals surface area contributed by atoms with Gasteiger partial charge in [0.25, 0.3) is 0 Å². The maximum absolute atomic E-state index is 12.8. The summed E-state index contributed by atoms with van der Waals surface area (Å²) in [5.41, 5.74) is -2.95. The van der Waals surface area contributed by atoms with Gasteiger partial charge in [-0.25, -0.2) is 4.79 Å². The highest BCUT2D eigenvalue weighted by atomic mass is 16.5. The zero-order valence-corrected chi connectivity index (χ0v) is 29.3. The van der Waals surface area contributed by atoms with E-state index < -0.39 is 46.3 Å². The van der Waals surface area contributed by atoms with Crippen molar-refractivity contribution in [2.75, 3.05) is 65.9 Å². The fourth-order valence-electron chi connectivity index (χ4n) is 4.17. The van der Waals surface area contributed by atoms with Crippen molar-refractivity contribution in [3.8, 4) is 0 Å². The molecule has 0 spiro atoms. The van der Waals surface area contributed by atoms with Crippen molar-refractivity contribution in [1.82, 2.24) is 16.0 Å². The Morgan fingerprint density at radius 1 is 0.681 bits per heavy atom. The topological polar surface area (TPSA) is 216 Å². The number of ketones is 3. The van der Waals surface area contributed by atoms with Gasteiger partial charge in [-0.3, -0.25) is 24.0 Å². The van der Waals surface area contributed by atoms with Crippen LogP contribution in [0.2, 0.25) is 0 Å². The molecule has 0 saturated carbocycles. The molecule has 0 aliphatic carbocycles. The van der Waals surface area contributed by atoms with E-state index in [0.29, 0.717) is 32.9 Å². The van der Waals surface area contributed by atoms with E-state index in [0.717, 1.165) is 0 Å². The van der Waals surface area contributed by atoms with Crippen LogP contribution in [0.3, 0.4) is 0 Å². The molecule has 0 aromatic rings. The summed E-state index contributed by atoms with van der Waals surface area (Å²) in [7, 11) is 0. The number of nitrogens with one attached hydrogen (secondary N) is 3. The van der Waals surface area contributed by atoms with Crippen LogP contribution < -0.4 is 16.0 Å². The third-order valence-corrected chi connectivity index (χ3v) is 7.42. The third kappa shape index (κ3) is 19.6. The molecule has 15 nitrogen and oxygen atoms in total. The van der Waals surface area contributed by atoms with Crippen LogP contribution >= 0.6 is 0 Å². The molecule has 0 aromatic heterocycles. The smallest absolute Gasteiger partial charge is 0.326 e. The predicted octanol–water partition coefficient (Wildman–Crippen LogP) is 1.00. The molecule has 272 valence electrons. The monoisotopic (exact) mass is 675 g/mol. The fourth-order valence-corrected chi connectivity index (χ4v) is 4.17. The minimum atomic E-state index is -1.29. The minimum Gasteiger partial charge on any atom is -0.481 e. The van der Waals surface area contributed by atoms with Crippen molar-refractivity contribution < 1.29 is 57.9 Å². The number of carbonyl (C=O) groups excluding carboxylic acids is 4. The first-order valence-electron chi connectivity index (χ1n) is 15.9. The fraction of sp³-hybridized carbons (Fsp3) is 0.812. The van der Waals surface area contributed by atoms with Crippen LogP contribution in [0.25, 0.3) is 0 Å². The van der Waals surface area contributed by atoms with E-state index in [4.69, 9.17) is 18.9 Å². The van der Waals surface area contributed by atoms with E-state index in [-0.39, 0.29) is 69.6 Å². The Hall–Kier alpha value is -2.82. The van der Waals surface area contributed by atoms with Crippen LogP contribution in [0.15, 0.2) is 0 Å². The van der Waals surface area contributed by atoms with Crippen molar-refractivity contribution in [1.29, 1.82) is 0 Å². The van der Waals surface area contributed by atoms with Crippen LogP contribution in [0.4, 0.5) is 0 Å². The van der Waals surface area contributed by atoms with E-state index in [1.165, 1.54) is 27.7 Å². The first-order valence-corrected chi connectivity index (χ1v) is 15.9. The van der Waals surface area contributed by atoms with E-state index in [9.17, 15) is 39.0 Å². The van der Waals surface area contributed by atoms with Gasteiger partial charge in [0.15, 0.2) is 17.3 Å². The lowest BCUT2D eigenvalue weighted by Crippen LogP contribution is -2.49. The summed E-state index contributed by atoms with van der Waals surface area (Å²) in [6, 6.07) is -1.29. The van der Waals surface area contributed by atoms with Crippen molar-refractivity contribution in [2.24, 2.45) is 11.3 Å². The lowest BCUT2D eigenvalue weighted by Gasteiger charge is -2.26. The Bertz CT molecular complexity index is 1030. The molecule has 15 heteroatoms. The van der Waals surface area contributed by atoms with Crippen LogP contribution in [0, 0.1) is 11.3 Å². The molecule has 0 heterocycles. The average Bonchev–Trinajstić information content (AvgIpc) is 2.96. The minimum absolute atomic E-state index is 0.0260. The van der Waals surface area contributed by atoms with E-state index in [1.807, 2.05) is 0 Å². The summed E-state index contributed by atoms with van der Waals surface area (Å²) >= 11 is 0. The van der Waals surface area contributed by atoms with Gasteiger partial charge in [0, 0.05) is 25.4 Å². The first kappa shape index (κ1) is 44.2. The lowest BCUT2D eigenvalue weighted by atomic mass is 9.83. The number of rotatable bonds is 29. The van der Waals surface area contributed by atoms with Crippen molar-refractivity contribution in [2.45, 2.75) is 91.8 Å². The van der Waals surface area contributed by atoms with Crippen LogP contribution in [0.1, 0.15) is 74.7 Å². The first-order chi connectivity index (χ1) is 21.7. The SMILES string of the molecule is CC(=O)COCCOCCNC(C)(C)C(=O)COCCOCCNC(C)(C)C(=O)CCC(NC(=O)C(C)CC(C)(C)C(=O)O)C(=O)O. The molecule has 2 atom stereocenters. The summed E-state index contributed by atoms with van der Waals surface area (Å²) < 4.78 is 21.5. The molecular formula is C32H57N3O12. The number of hydrogen-bond donors (Lipinski definition) is 5. The maximum atomic E-state index is 12.8. The number of Topliss-reactive ketones (excluding diaryl/α,β-unsaturated/α-hetero) is 3. The zero-order chi connectivity index (χ0) is 36.3. The van der Waals surface area contributed by atoms with Gasteiger partial charge in [-0.15, -0.1) is 0 Å². The number of carboxylic acid groups (broad SMARTS) is 2. The number of carboxylic acids is 2. The van der Waals surface area contributed by atoms with E-state index in [1.54, 1.807) is 27.7 Å². The lowest BCUT2D eigenvalue weighted by molar-refractivity contribution is -0.149. The second kappa shape index (κ2) is 21.9. The Morgan fingerprint density at radius 3 is 1.62 bits per heavy atom. The van der Waals surface area contributed by atoms with Gasteiger partial charge in [0.05, 0.1) is 56.1 Å². The largest absolute Gasteiger partial charge is 0.481 e.